The highest BCUT2D eigenvalue weighted by molar-refractivity contribution is 9.10. The van der Waals surface area contributed by atoms with Crippen LogP contribution in [-0.4, -0.2) is 12.6 Å². The topological polar surface area (TPSA) is 38.3 Å². The van der Waals surface area contributed by atoms with Crippen LogP contribution in [0, 0.1) is 0 Å². The lowest BCUT2D eigenvalue weighted by Gasteiger charge is -2.23. The van der Waals surface area contributed by atoms with Crippen LogP contribution >= 0.6 is 15.9 Å². The highest BCUT2D eigenvalue weighted by atomic mass is 79.9. The van der Waals surface area contributed by atoms with Crippen molar-refractivity contribution in [2.24, 2.45) is 0 Å². The van der Waals surface area contributed by atoms with Crippen molar-refractivity contribution in [2.45, 2.75) is 12.5 Å². The van der Waals surface area contributed by atoms with Crippen molar-refractivity contribution in [3.05, 3.63) is 34.3 Å². The Morgan fingerprint density at radius 2 is 2.07 bits per heavy atom. The van der Waals surface area contributed by atoms with Gasteiger partial charge in [-0.3, -0.25) is 0 Å². The average molecular weight is 256 g/mol. The number of ether oxygens (including phenoxy) is 1. The number of hydrogen-bond donors (Lipinski definition) is 1. The second-order valence-corrected chi connectivity index (χ2v) is 4.08. The molecule has 1 N–H and O–H groups in total. The van der Waals surface area contributed by atoms with E-state index in [-0.39, 0.29) is 12.2 Å². The number of halogens is 1. The number of nitrogens with one attached hydrogen (secondary N) is 1. The monoisotopic (exact) mass is 255 g/mol. The van der Waals surface area contributed by atoms with Gasteiger partial charge in [-0.1, -0.05) is 28.1 Å². The molecule has 0 unspecified atom stereocenters. The Morgan fingerprint density at radius 3 is 2.71 bits per heavy atom. The number of carbonyl (C=O) groups excluding carboxylic acids is 1. The van der Waals surface area contributed by atoms with Crippen LogP contribution < -0.4 is 5.32 Å². The molecular formula is C10H10BrNO2. The zero-order valence-corrected chi connectivity index (χ0v) is 9.08. The van der Waals surface area contributed by atoms with Gasteiger partial charge in [-0.15, -0.1) is 0 Å². The molecule has 1 heterocycles. The zero-order chi connectivity index (χ0) is 9.97. The summed E-state index contributed by atoms with van der Waals surface area (Å²) in [6, 6.07) is 7.83. The third-order valence-electron chi connectivity index (χ3n) is 2.17. The van der Waals surface area contributed by atoms with Crippen molar-refractivity contribution in [3.63, 3.8) is 0 Å². The van der Waals surface area contributed by atoms with Crippen LogP contribution in [0.25, 0.3) is 0 Å². The van der Waals surface area contributed by atoms with Gasteiger partial charge in [-0.2, -0.15) is 0 Å². The molecule has 3 nitrogen and oxygen atoms in total. The van der Waals surface area contributed by atoms with E-state index in [4.69, 9.17) is 4.74 Å². The summed E-state index contributed by atoms with van der Waals surface area (Å²) in [4.78, 5) is 11.0. The molecule has 2 rings (SSSR count). The summed E-state index contributed by atoms with van der Waals surface area (Å²) in [7, 11) is 0. The number of amides is 1. The van der Waals surface area contributed by atoms with Crippen LogP contribution in [0.3, 0.4) is 0 Å². The van der Waals surface area contributed by atoms with Gasteiger partial charge in [0.05, 0.1) is 0 Å². The fraction of sp³-hybridized carbons (Fsp3) is 0.300. The van der Waals surface area contributed by atoms with Gasteiger partial charge in [0.2, 0.25) is 0 Å². The predicted molar refractivity (Wildman–Crippen MR) is 56.0 cm³/mol. The first kappa shape index (κ1) is 9.52. The first-order chi connectivity index (χ1) is 6.75. The zero-order valence-electron chi connectivity index (χ0n) is 7.50. The lowest BCUT2D eigenvalue weighted by Crippen LogP contribution is -2.33. The van der Waals surface area contributed by atoms with Crippen molar-refractivity contribution in [1.82, 2.24) is 5.32 Å². The van der Waals surface area contributed by atoms with Crippen LogP contribution in [0.4, 0.5) is 4.79 Å². The predicted octanol–water partition coefficient (Wildman–Crippen LogP) is 2.62. The average Bonchev–Trinajstić information content (AvgIpc) is 2.19. The van der Waals surface area contributed by atoms with Gasteiger partial charge in [-0.25, -0.2) is 4.79 Å². The van der Waals surface area contributed by atoms with E-state index >= 15 is 0 Å². The molecule has 0 aliphatic carbocycles. The van der Waals surface area contributed by atoms with E-state index in [1.54, 1.807) is 0 Å². The molecule has 1 fully saturated rings. The molecule has 0 saturated carbocycles. The Balaban J connectivity index is 2.14. The van der Waals surface area contributed by atoms with Crippen LogP contribution in [0.2, 0.25) is 0 Å². The van der Waals surface area contributed by atoms with E-state index in [0.29, 0.717) is 6.54 Å². The lowest BCUT2D eigenvalue weighted by atomic mass is 10.1. The number of alkyl carbamates (subject to hydrolysis) is 1. The smallest absolute Gasteiger partial charge is 0.407 e. The molecule has 4 heteroatoms. The van der Waals surface area contributed by atoms with E-state index in [2.05, 4.69) is 21.2 Å². The minimum Gasteiger partial charge on any atom is -0.441 e. The molecule has 1 aromatic rings. The standard InChI is InChI=1S/C10H10BrNO2/c11-8-3-1-7(2-4-8)9-5-6-12-10(13)14-9/h1-4,9H,5-6H2,(H,12,13)/t9-/m1/s1. The van der Waals surface area contributed by atoms with Gasteiger partial charge in [0.25, 0.3) is 0 Å². The SMILES string of the molecule is O=C1NCC[C@H](c2ccc(Br)cc2)O1. The number of cyclic esters (lactones) is 1. The van der Waals surface area contributed by atoms with Crippen LogP contribution in [0.5, 0.6) is 0 Å². The van der Waals surface area contributed by atoms with Gasteiger partial charge in [0.15, 0.2) is 0 Å². The van der Waals surface area contributed by atoms with Crippen LogP contribution in [-0.2, 0) is 4.74 Å². The fourth-order valence-electron chi connectivity index (χ4n) is 1.45. The van der Waals surface area contributed by atoms with Crippen molar-refractivity contribution in [2.75, 3.05) is 6.54 Å². The number of hydrogen-bond acceptors (Lipinski definition) is 2. The molecule has 0 spiro atoms. The van der Waals surface area contributed by atoms with Gasteiger partial charge in [-0.05, 0) is 17.7 Å². The largest absolute Gasteiger partial charge is 0.441 e. The summed E-state index contributed by atoms with van der Waals surface area (Å²) in [5.41, 5.74) is 1.04. The summed E-state index contributed by atoms with van der Waals surface area (Å²) in [5, 5.41) is 2.62. The van der Waals surface area contributed by atoms with E-state index in [9.17, 15) is 4.79 Å². The molecule has 1 amide bonds. The van der Waals surface area contributed by atoms with Crippen molar-refractivity contribution in [3.8, 4) is 0 Å². The normalized spacial score (nSPS) is 21.2. The van der Waals surface area contributed by atoms with E-state index in [1.807, 2.05) is 24.3 Å². The summed E-state index contributed by atoms with van der Waals surface area (Å²) in [6.07, 6.45) is 0.397. The molecular weight excluding hydrogens is 246 g/mol. The summed E-state index contributed by atoms with van der Waals surface area (Å²) in [5.74, 6) is 0. The third-order valence-corrected chi connectivity index (χ3v) is 2.70. The number of rotatable bonds is 1. The maximum Gasteiger partial charge on any atom is 0.407 e. The quantitative estimate of drug-likeness (QED) is 0.838. The Labute approximate surface area is 90.6 Å². The Kier molecular flexibility index (Phi) is 2.72. The van der Waals surface area contributed by atoms with Gasteiger partial charge in [0, 0.05) is 17.4 Å². The summed E-state index contributed by atoms with van der Waals surface area (Å²) in [6.45, 7) is 0.680. The van der Waals surface area contributed by atoms with Crippen LogP contribution in [0.1, 0.15) is 18.1 Å². The molecule has 0 radical (unpaired) electrons. The maximum atomic E-state index is 11.0. The van der Waals surface area contributed by atoms with Crippen molar-refractivity contribution >= 4 is 22.0 Å². The Hall–Kier alpha value is -1.03. The third kappa shape index (κ3) is 2.07. The minimum absolute atomic E-state index is 0.100. The first-order valence-electron chi connectivity index (χ1n) is 4.45. The fourth-order valence-corrected chi connectivity index (χ4v) is 1.71. The Morgan fingerprint density at radius 1 is 1.36 bits per heavy atom. The number of carbonyl (C=O) groups is 1. The van der Waals surface area contributed by atoms with Gasteiger partial charge < -0.3 is 10.1 Å². The molecule has 0 aromatic heterocycles. The van der Waals surface area contributed by atoms with E-state index < -0.39 is 0 Å². The summed E-state index contributed by atoms with van der Waals surface area (Å²) >= 11 is 3.36. The highest BCUT2D eigenvalue weighted by Gasteiger charge is 2.20. The lowest BCUT2D eigenvalue weighted by molar-refractivity contribution is 0.0739. The van der Waals surface area contributed by atoms with Crippen LogP contribution in [0.15, 0.2) is 28.7 Å². The summed E-state index contributed by atoms with van der Waals surface area (Å²) < 4.78 is 6.18. The molecule has 74 valence electrons. The molecule has 0 bridgehead atoms. The van der Waals surface area contributed by atoms with E-state index in [1.165, 1.54) is 0 Å². The molecule has 1 saturated heterocycles. The van der Waals surface area contributed by atoms with Gasteiger partial charge >= 0.3 is 6.09 Å². The highest BCUT2D eigenvalue weighted by Crippen LogP contribution is 2.24. The maximum absolute atomic E-state index is 11.0. The number of benzene rings is 1. The Bertz CT molecular complexity index is 336. The molecule has 1 aromatic carbocycles. The second kappa shape index (κ2) is 4.00. The molecule has 1 atom stereocenters. The van der Waals surface area contributed by atoms with Crippen molar-refractivity contribution in [1.29, 1.82) is 0 Å². The molecule has 14 heavy (non-hydrogen) atoms. The molecule has 1 aliphatic heterocycles. The first-order valence-corrected chi connectivity index (χ1v) is 5.25. The molecule has 1 aliphatic rings. The minimum atomic E-state index is -0.329. The van der Waals surface area contributed by atoms with E-state index in [0.717, 1.165) is 16.5 Å². The van der Waals surface area contributed by atoms with Crippen molar-refractivity contribution < 1.29 is 9.53 Å². The van der Waals surface area contributed by atoms with Gasteiger partial charge in [0.1, 0.15) is 6.10 Å². The second-order valence-electron chi connectivity index (χ2n) is 3.16.